The highest BCUT2D eigenvalue weighted by atomic mass is 32.1. The summed E-state index contributed by atoms with van der Waals surface area (Å²) in [6, 6.07) is 20.4. The van der Waals surface area contributed by atoms with E-state index in [9.17, 15) is 9.59 Å². The molecular weight excluding hydrogens is 418 g/mol. The van der Waals surface area contributed by atoms with Gasteiger partial charge in [0.05, 0.1) is 15.8 Å². The van der Waals surface area contributed by atoms with E-state index in [1.807, 2.05) is 37.3 Å². The third-order valence-corrected chi connectivity index (χ3v) is 7.53. The number of fused-ring (bicyclic) bond motifs is 3. The maximum atomic E-state index is 13.0. The third kappa shape index (κ3) is 3.96. The molecule has 1 N–H and O–H groups in total. The SMILES string of the molecule is CCn1c(=O)c2cc(C(=O)NC3CCN(Cc4ccccc4)CC3)sc2c2ccccc21. The fourth-order valence-electron chi connectivity index (χ4n) is 4.67. The van der Waals surface area contributed by atoms with Gasteiger partial charge in [0, 0.05) is 42.3 Å². The van der Waals surface area contributed by atoms with Crippen LogP contribution >= 0.6 is 11.3 Å². The van der Waals surface area contributed by atoms with E-state index < -0.39 is 0 Å². The van der Waals surface area contributed by atoms with Crippen LogP contribution < -0.4 is 10.9 Å². The van der Waals surface area contributed by atoms with Crippen molar-refractivity contribution in [2.75, 3.05) is 13.1 Å². The van der Waals surface area contributed by atoms with Crippen LogP contribution in [0.15, 0.2) is 65.5 Å². The second-order valence-corrected chi connectivity index (χ2v) is 9.48. The van der Waals surface area contributed by atoms with Gasteiger partial charge in [-0.25, -0.2) is 0 Å². The molecule has 3 heterocycles. The van der Waals surface area contributed by atoms with Crippen molar-refractivity contribution >= 4 is 38.2 Å². The average Bonchev–Trinajstić information content (AvgIpc) is 3.28. The van der Waals surface area contributed by atoms with Crippen LogP contribution in [-0.4, -0.2) is 34.5 Å². The molecule has 1 aliphatic rings. The van der Waals surface area contributed by atoms with Crippen LogP contribution in [0.2, 0.25) is 0 Å². The minimum Gasteiger partial charge on any atom is -0.349 e. The molecule has 0 spiro atoms. The van der Waals surface area contributed by atoms with Crippen LogP contribution in [0, 0.1) is 0 Å². The molecule has 32 heavy (non-hydrogen) atoms. The second kappa shape index (κ2) is 8.88. The summed E-state index contributed by atoms with van der Waals surface area (Å²) in [5.41, 5.74) is 2.23. The maximum absolute atomic E-state index is 13.0. The molecule has 2 aromatic heterocycles. The summed E-state index contributed by atoms with van der Waals surface area (Å²) in [5, 5.41) is 4.88. The van der Waals surface area contributed by atoms with E-state index in [0.29, 0.717) is 16.8 Å². The number of hydrogen-bond donors (Lipinski definition) is 1. The molecule has 1 saturated heterocycles. The zero-order valence-corrected chi connectivity index (χ0v) is 19.0. The standard InChI is InChI=1S/C26H27N3O2S/c1-2-29-22-11-7-6-10-20(22)24-21(26(29)31)16-23(32-24)25(30)27-19-12-14-28(15-13-19)17-18-8-4-3-5-9-18/h3-11,16,19H,2,12-15,17H2,1H3,(H,27,30). The molecule has 5 rings (SSSR count). The fraction of sp³-hybridized carbons (Fsp3) is 0.308. The summed E-state index contributed by atoms with van der Waals surface area (Å²) in [5.74, 6) is -0.0701. The lowest BCUT2D eigenvalue weighted by molar-refractivity contribution is 0.0913. The number of benzene rings is 2. The minimum absolute atomic E-state index is 0.0225. The number of hydrogen-bond acceptors (Lipinski definition) is 4. The Labute approximate surface area is 191 Å². The topological polar surface area (TPSA) is 54.3 Å². The monoisotopic (exact) mass is 445 g/mol. The zero-order valence-electron chi connectivity index (χ0n) is 18.2. The highest BCUT2D eigenvalue weighted by Gasteiger charge is 2.23. The molecule has 0 unspecified atom stereocenters. The maximum Gasteiger partial charge on any atom is 0.261 e. The number of carbonyl (C=O) groups excluding carboxylic acids is 1. The lowest BCUT2D eigenvalue weighted by atomic mass is 10.0. The smallest absolute Gasteiger partial charge is 0.261 e. The van der Waals surface area contributed by atoms with E-state index in [0.717, 1.165) is 48.1 Å². The van der Waals surface area contributed by atoms with E-state index >= 15 is 0 Å². The molecule has 6 heteroatoms. The largest absolute Gasteiger partial charge is 0.349 e. The molecule has 164 valence electrons. The molecule has 4 aromatic rings. The van der Waals surface area contributed by atoms with Crippen molar-refractivity contribution < 1.29 is 4.79 Å². The number of likely N-dealkylation sites (tertiary alicyclic amines) is 1. The van der Waals surface area contributed by atoms with Crippen molar-refractivity contribution in [3.63, 3.8) is 0 Å². The van der Waals surface area contributed by atoms with Crippen LogP contribution in [0.1, 0.15) is 35.0 Å². The molecule has 0 atom stereocenters. The van der Waals surface area contributed by atoms with Crippen LogP contribution in [0.5, 0.6) is 0 Å². The van der Waals surface area contributed by atoms with Gasteiger partial charge >= 0.3 is 0 Å². The number of thiophene rings is 1. The molecule has 0 bridgehead atoms. The van der Waals surface area contributed by atoms with E-state index in [-0.39, 0.29) is 17.5 Å². The van der Waals surface area contributed by atoms with E-state index in [1.165, 1.54) is 16.9 Å². The Balaban J connectivity index is 1.31. The predicted octanol–water partition coefficient (Wildman–Crippen LogP) is 4.63. The quantitative estimate of drug-likeness (QED) is 0.487. The molecule has 2 aromatic carbocycles. The van der Waals surface area contributed by atoms with E-state index in [1.54, 1.807) is 10.6 Å². The number of nitrogens with one attached hydrogen (secondary N) is 1. The van der Waals surface area contributed by atoms with Gasteiger partial charge in [0.25, 0.3) is 11.5 Å². The van der Waals surface area contributed by atoms with Crippen molar-refractivity contribution in [3.05, 3.63) is 81.5 Å². The summed E-state index contributed by atoms with van der Waals surface area (Å²) in [4.78, 5) is 29.1. The summed E-state index contributed by atoms with van der Waals surface area (Å²) in [6.45, 7) is 5.48. The molecule has 0 radical (unpaired) electrons. The van der Waals surface area contributed by atoms with Crippen LogP contribution in [-0.2, 0) is 13.1 Å². The molecule has 0 aliphatic carbocycles. The van der Waals surface area contributed by atoms with Gasteiger partial charge in [0.2, 0.25) is 0 Å². The van der Waals surface area contributed by atoms with Gasteiger partial charge in [-0.05, 0) is 37.5 Å². The number of amides is 1. The van der Waals surface area contributed by atoms with Gasteiger partial charge in [-0.3, -0.25) is 14.5 Å². The van der Waals surface area contributed by atoms with Crippen LogP contribution in [0.4, 0.5) is 0 Å². The predicted molar refractivity (Wildman–Crippen MR) is 131 cm³/mol. The Hall–Kier alpha value is -2.96. The van der Waals surface area contributed by atoms with Crippen LogP contribution in [0.3, 0.4) is 0 Å². The molecule has 0 saturated carbocycles. The van der Waals surface area contributed by atoms with Crippen molar-refractivity contribution in [2.45, 2.75) is 38.9 Å². The Bertz CT molecular complexity index is 1320. The van der Waals surface area contributed by atoms with Crippen molar-refractivity contribution in [1.82, 2.24) is 14.8 Å². The number of aromatic nitrogens is 1. The molecule has 5 nitrogen and oxygen atoms in total. The number of carbonyl (C=O) groups is 1. The first kappa shape index (κ1) is 20.9. The first-order valence-corrected chi connectivity index (χ1v) is 12.1. The highest BCUT2D eigenvalue weighted by molar-refractivity contribution is 7.21. The van der Waals surface area contributed by atoms with Gasteiger partial charge in [0.1, 0.15) is 0 Å². The number of rotatable bonds is 5. The number of nitrogens with zero attached hydrogens (tertiary/aromatic N) is 2. The fourth-order valence-corrected chi connectivity index (χ4v) is 5.75. The molecule has 1 amide bonds. The average molecular weight is 446 g/mol. The first-order valence-electron chi connectivity index (χ1n) is 11.3. The van der Waals surface area contributed by atoms with Gasteiger partial charge in [0.15, 0.2) is 0 Å². The summed E-state index contributed by atoms with van der Waals surface area (Å²) in [7, 11) is 0. The molecular formula is C26H27N3O2S. The Morgan fingerprint density at radius 3 is 2.50 bits per heavy atom. The van der Waals surface area contributed by atoms with Gasteiger partial charge in [-0.15, -0.1) is 11.3 Å². The summed E-state index contributed by atoms with van der Waals surface area (Å²) < 4.78 is 2.69. The number of aryl methyl sites for hydroxylation is 1. The second-order valence-electron chi connectivity index (χ2n) is 8.43. The van der Waals surface area contributed by atoms with Gasteiger partial charge in [-0.1, -0.05) is 48.5 Å². The third-order valence-electron chi connectivity index (χ3n) is 6.36. The lowest BCUT2D eigenvalue weighted by Crippen LogP contribution is -2.44. The summed E-state index contributed by atoms with van der Waals surface area (Å²) >= 11 is 1.42. The Kier molecular flexibility index (Phi) is 5.81. The number of para-hydroxylation sites is 1. The minimum atomic E-state index is -0.0701. The highest BCUT2D eigenvalue weighted by Crippen LogP contribution is 2.30. The van der Waals surface area contributed by atoms with Gasteiger partial charge in [-0.2, -0.15) is 0 Å². The molecule has 1 aliphatic heterocycles. The first-order chi connectivity index (χ1) is 15.6. The lowest BCUT2D eigenvalue weighted by Gasteiger charge is -2.32. The summed E-state index contributed by atoms with van der Waals surface area (Å²) in [6.07, 6.45) is 1.88. The van der Waals surface area contributed by atoms with E-state index in [4.69, 9.17) is 0 Å². The van der Waals surface area contributed by atoms with Crippen molar-refractivity contribution in [3.8, 4) is 0 Å². The number of piperidine rings is 1. The van der Waals surface area contributed by atoms with Crippen molar-refractivity contribution in [2.24, 2.45) is 0 Å². The molecule has 1 fully saturated rings. The van der Waals surface area contributed by atoms with Gasteiger partial charge < -0.3 is 9.88 Å². The normalized spacial score (nSPS) is 15.4. The van der Waals surface area contributed by atoms with Crippen LogP contribution in [0.25, 0.3) is 21.0 Å². The Morgan fingerprint density at radius 2 is 1.75 bits per heavy atom. The number of pyridine rings is 1. The van der Waals surface area contributed by atoms with Crippen molar-refractivity contribution in [1.29, 1.82) is 0 Å². The Morgan fingerprint density at radius 1 is 1.03 bits per heavy atom. The zero-order chi connectivity index (χ0) is 22.1. The van der Waals surface area contributed by atoms with E-state index in [2.05, 4.69) is 34.5 Å².